The van der Waals surface area contributed by atoms with Crippen molar-refractivity contribution in [2.75, 3.05) is 0 Å². The van der Waals surface area contributed by atoms with E-state index in [1.54, 1.807) is 12.2 Å². The molecular formula is C9H13Cl. The number of hydrogen-bond donors (Lipinski definition) is 0. The molecule has 0 unspecified atom stereocenters. The van der Waals surface area contributed by atoms with E-state index in [9.17, 15) is 0 Å². The Morgan fingerprint density at radius 2 is 2.00 bits per heavy atom. The van der Waals surface area contributed by atoms with E-state index in [-0.39, 0.29) is 0 Å². The molecule has 0 aliphatic rings. The van der Waals surface area contributed by atoms with Crippen LogP contribution >= 0.6 is 11.6 Å². The van der Waals surface area contributed by atoms with Gasteiger partial charge in [-0.1, -0.05) is 44.7 Å². The average Bonchev–Trinajstić information content (AvgIpc) is 1.87. The first-order chi connectivity index (χ1) is 4.59. The molecule has 0 aromatic carbocycles. The molecule has 0 radical (unpaired) electrons. The van der Waals surface area contributed by atoms with E-state index in [0.717, 1.165) is 5.57 Å². The first kappa shape index (κ1) is 9.51. The molecule has 0 aromatic rings. The zero-order valence-corrected chi connectivity index (χ0v) is 7.28. The van der Waals surface area contributed by atoms with Gasteiger partial charge in [-0.3, -0.25) is 0 Å². The molecule has 0 aliphatic heterocycles. The predicted octanol–water partition coefficient (Wildman–Crippen LogP) is 3.51. The molecule has 0 nitrogen and oxygen atoms in total. The van der Waals surface area contributed by atoms with Gasteiger partial charge in [0.1, 0.15) is 0 Å². The molecule has 0 N–H and O–H groups in total. The molecule has 0 spiro atoms. The van der Waals surface area contributed by atoms with Crippen LogP contribution in [0.1, 0.15) is 13.8 Å². The molecule has 0 rings (SSSR count). The third-order valence-electron chi connectivity index (χ3n) is 1.27. The maximum absolute atomic E-state index is 5.82. The number of hydrogen-bond acceptors (Lipinski definition) is 0. The number of allylic oxidation sites excluding steroid dienone is 4. The molecule has 56 valence electrons. The van der Waals surface area contributed by atoms with Gasteiger partial charge in [0.25, 0.3) is 0 Å². The number of halogens is 1. The Hall–Kier alpha value is -0.490. The molecule has 0 fully saturated rings. The Kier molecular flexibility index (Phi) is 4.13. The average molecular weight is 157 g/mol. The molecule has 0 atom stereocenters. The summed E-state index contributed by atoms with van der Waals surface area (Å²) in [5, 5.41) is 0.699. The number of rotatable bonds is 3. The third kappa shape index (κ3) is 2.88. The predicted molar refractivity (Wildman–Crippen MR) is 48.1 cm³/mol. The summed E-state index contributed by atoms with van der Waals surface area (Å²) in [6.45, 7) is 11.5. The van der Waals surface area contributed by atoms with Crippen molar-refractivity contribution in [1.29, 1.82) is 0 Å². The van der Waals surface area contributed by atoms with Gasteiger partial charge in [0.2, 0.25) is 0 Å². The maximum atomic E-state index is 5.82. The Morgan fingerprint density at radius 1 is 1.50 bits per heavy atom. The van der Waals surface area contributed by atoms with Crippen molar-refractivity contribution in [1.82, 2.24) is 0 Å². The van der Waals surface area contributed by atoms with Gasteiger partial charge in [-0.15, -0.1) is 0 Å². The van der Waals surface area contributed by atoms with Gasteiger partial charge in [-0.05, 0) is 17.6 Å². The van der Waals surface area contributed by atoms with Crippen LogP contribution in [0.5, 0.6) is 0 Å². The molecule has 1 heteroatoms. The van der Waals surface area contributed by atoms with E-state index in [1.165, 1.54) is 0 Å². The third-order valence-corrected chi connectivity index (χ3v) is 1.64. The lowest BCUT2D eigenvalue weighted by atomic mass is 10.1. The largest absolute Gasteiger partial charge is 0.0990 e. The minimum atomic E-state index is 0.406. The quantitative estimate of drug-likeness (QED) is 0.549. The second-order valence-corrected chi connectivity index (χ2v) is 2.84. The summed E-state index contributed by atoms with van der Waals surface area (Å²) in [5.74, 6) is 0.406. The van der Waals surface area contributed by atoms with E-state index in [4.69, 9.17) is 11.6 Å². The highest BCUT2D eigenvalue weighted by molar-refractivity contribution is 6.32. The van der Waals surface area contributed by atoms with E-state index < -0.39 is 0 Å². The van der Waals surface area contributed by atoms with E-state index in [0.29, 0.717) is 11.0 Å². The van der Waals surface area contributed by atoms with E-state index >= 15 is 0 Å². The normalized spacial score (nSPS) is 11.8. The summed E-state index contributed by atoms with van der Waals surface area (Å²) < 4.78 is 0. The van der Waals surface area contributed by atoms with E-state index in [1.807, 2.05) is 0 Å². The Labute approximate surface area is 67.9 Å². The first-order valence-electron chi connectivity index (χ1n) is 3.27. The monoisotopic (exact) mass is 156 g/mol. The lowest BCUT2D eigenvalue weighted by Crippen LogP contribution is -1.90. The molecule has 0 aromatic heterocycles. The molecule has 10 heavy (non-hydrogen) atoms. The fraction of sp³-hybridized carbons (Fsp3) is 0.333. The standard InChI is InChI=1S/C9H13Cl/c1-5-6-9(10)8(4)7(2)3/h5-7H,1,4H2,2-3H3/b9-6+. The summed E-state index contributed by atoms with van der Waals surface area (Å²) in [7, 11) is 0. The van der Waals surface area contributed by atoms with Crippen LogP contribution in [-0.2, 0) is 0 Å². The van der Waals surface area contributed by atoms with Crippen LogP contribution < -0.4 is 0 Å². The van der Waals surface area contributed by atoms with Gasteiger partial charge in [-0.2, -0.15) is 0 Å². The Balaban J connectivity index is 4.21. The zero-order valence-electron chi connectivity index (χ0n) is 6.52. The fourth-order valence-corrected chi connectivity index (χ4v) is 0.794. The van der Waals surface area contributed by atoms with Gasteiger partial charge in [0, 0.05) is 5.03 Å². The summed E-state index contributed by atoms with van der Waals surface area (Å²) >= 11 is 5.82. The van der Waals surface area contributed by atoms with Crippen molar-refractivity contribution in [3.8, 4) is 0 Å². The summed E-state index contributed by atoms with van der Waals surface area (Å²) in [4.78, 5) is 0. The van der Waals surface area contributed by atoms with Gasteiger partial charge in [0.15, 0.2) is 0 Å². The maximum Gasteiger partial charge on any atom is 0.0434 e. The van der Waals surface area contributed by atoms with Gasteiger partial charge in [0.05, 0.1) is 0 Å². The lowest BCUT2D eigenvalue weighted by Gasteiger charge is -2.06. The lowest BCUT2D eigenvalue weighted by molar-refractivity contribution is 0.791. The topological polar surface area (TPSA) is 0 Å². The summed E-state index contributed by atoms with van der Waals surface area (Å²) in [6.07, 6.45) is 3.42. The minimum absolute atomic E-state index is 0.406. The molecule has 0 saturated heterocycles. The van der Waals surface area contributed by atoms with Crippen molar-refractivity contribution < 1.29 is 0 Å². The Bertz CT molecular complexity index is 164. The molecule has 0 saturated carbocycles. The molecule has 0 heterocycles. The van der Waals surface area contributed by atoms with Gasteiger partial charge >= 0.3 is 0 Å². The van der Waals surface area contributed by atoms with Crippen LogP contribution in [0.25, 0.3) is 0 Å². The van der Waals surface area contributed by atoms with Crippen LogP contribution in [0.2, 0.25) is 0 Å². The first-order valence-corrected chi connectivity index (χ1v) is 3.64. The van der Waals surface area contributed by atoms with Gasteiger partial charge in [-0.25, -0.2) is 0 Å². The van der Waals surface area contributed by atoms with E-state index in [2.05, 4.69) is 27.0 Å². The van der Waals surface area contributed by atoms with Crippen LogP contribution in [0, 0.1) is 5.92 Å². The van der Waals surface area contributed by atoms with Crippen molar-refractivity contribution >= 4 is 11.6 Å². The highest BCUT2D eigenvalue weighted by Crippen LogP contribution is 2.20. The highest BCUT2D eigenvalue weighted by Gasteiger charge is 2.01. The highest BCUT2D eigenvalue weighted by atomic mass is 35.5. The van der Waals surface area contributed by atoms with Crippen LogP contribution in [0.3, 0.4) is 0 Å². The summed E-state index contributed by atoms with van der Waals surface area (Å²) in [5.41, 5.74) is 0.960. The zero-order chi connectivity index (χ0) is 8.15. The van der Waals surface area contributed by atoms with Crippen molar-refractivity contribution in [2.45, 2.75) is 13.8 Å². The SMILES string of the molecule is C=C/C=C(/Cl)C(=C)C(C)C. The van der Waals surface area contributed by atoms with Crippen molar-refractivity contribution in [2.24, 2.45) is 5.92 Å². The molecule has 0 bridgehead atoms. The smallest absolute Gasteiger partial charge is 0.0434 e. The second-order valence-electron chi connectivity index (χ2n) is 2.43. The fourth-order valence-electron chi connectivity index (χ4n) is 0.486. The molecule has 0 amide bonds. The van der Waals surface area contributed by atoms with Gasteiger partial charge < -0.3 is 0 Å². The van der Waals surface area contributed by atoms with Crippen LogP contribution in [-0.4, -0.2) is 0 Å². The van der Waals surface area contributed by atoms with Crippen LogP contribution in [0.4, 0.5) is 0 Å². The van der Waals surface area contributed by atoms with Crippen molar-refractivity contribution in [3.05, 3.63) is 35.9 Å². The van der Waals surface area contributed by atoms with Crippen LogP contribution in [0.15, 0.2) is 35.9 Å². The molecule has 0 aliphatic carbocycles. The second kappa shape index (κ2) is 4.35. The summed E-state index contributed by atoms with van der Waals surface area (Å²) in [6, 6.07) is 0. The Morgan fingerprint density at radius 3 is 2.30 bits per heavy atom. The minimum Gasteiger partial charge on any atom is -0.0990 e. The van der Waals surface area contributed by atoms with Crippen molar-refractivity contribution in [3.63, 3.8) is 0 Å². The molecular weight excluding hydrogens is 144 g/mol.